The van der Waals surface area contributed by atoms with Crippen LogP contribution in [0.1, 0.15) is 19.3 Å². The average Bonchev–Trinajstić information content (AvgIpc) is 2.40. The Labute approximate surface area is 137 Å². The van der Waals surface area contributed by atoms with Crippen molar-refractivity contribution in [1.29, 1.82) is 0 Å². The number of alkyl halides is 3. The minimum Gasteiger partial charge on any atom is -0.741 e. The number of rotatable bonds is 4. The summed E-state index contributed by atoms with van der Waals surface area (Å²) in [5.74, 6) is 0.402. The predicted octanol–water partition coefficient (Wildman–Crippen LogP) is 1.85. The molecule has 0 N–H and O–H groups in total. The molecular weight excluding hydrogens is 357 g/mol. The van der Waals surface area contributed by atoms with Crippen LogP contribution in [-0.4, -0.2) is 55.2 Å². The van der Waals surface area contributed by atoms with E-state index in [-0.39, 0.29) is 22.9 Å². The molecular formula is C13H21F3O5S2. The van der Waals surface area contributed by atoms with E-state index in [0.717, 1.165) is 12.8 Å². The smallest absolute Gasteiger partial charge is 0.485 e. The summed E-state index contributed by atoms with van der Waals surface area (Å²) in [7, 11) is -4.15. The number of ether oxygens (including phenoxy) is 1. The lowest BCUT2D eigenvalue weighted by atomic mass is 9.83. The maximum Gasteiger partial charge on any atom is 0.485 e. The Morgan fingerprint density at radius 2 is 1.91 bits per heavy atom. The monoisotopic (exact) mass is 378 g/mol. The van der Waals surface area contributed by atoms with Crippen LogP contribution in [0.25, 0.3) is 0 Å². The van der Waals surface area contributed by atoms with E-state index in [2.05, 4.69) is 19.1 Å². The molecule has 0 aromatic rings. The molecule has 0 aliphatic heterocycles. The van der Waals surface area contributed by atoms with Crippen molar-refractivity contribution in [3.63, 3.8) is 0 Å². The molecule has 1 saturated carbocycles. The van der Waals surface area contributed by atoms with Gasteiger partial charge < -0.3 is 9.29 Å². The van der Waals surface area contributed by atoms with Gasteiger partial charge in [-0.05, 0) is 23.7 Å². The number of methoxy groups -OCH3 is 1. The molecule has 0 aromatic carbocycles. The fourth-order valence-corrected chi connectivity index (χ4v) is 3.88. The summed E-state index contributed by atoms with van der Waals surface area (Å²) >= 11 is 0. The zero-order valence-corrected chi connectivity index (χ0v) is 14.8. The van der Waals surface area contributed by atoms with Crippen LogP contribution in [0, 0.1) is 5.92 Å². The zero-order valence-electron chi connectivity index (χ0n) is 13.1. The minimum absolute atomic E-state index is 0.0413. The normalized spacial score (nSPS) is 23.9. The van der Waals surface area contributed by atoms with Crippen LogP contribution in [-0.2, 0) is 30.5 Å². The first-order valence-corrected chi connectivity index (χ1v) is 10.1. The quantitative estimate of drug-likeness (QED) is 0.323. The fraction of sp³-hybridized carbons (Fsp3) is 0.769. The van der Waals surface area contributed by atoms with Gasteiger partial charge in [-0.15, -0.1) is 6.58 Å². The Morgan fingerprint density at radius 1 is 1.43 bits per heavy atom. The largest absolute Gasteiger partial charge is 0.741 e. The van der Waals surface area contributed by atoms with Crippen molar-refractivity contribution in [2.24, 2.45) is 5.92 Å². The van der Waals surface area contributed by atoms with Crippen LogP contribution in [0.3, 0.4) is 0 Å². The zero-order chi connectivity index (χ0) is 18.4. The molecule has 1 aliphatic carbocycles. The van der Waals surface area contributed by atoms with Crippen LogP contribution in [0.15, 0.2) is 12.7 Å². The van der Waals surface area contributed by atoms with Crippen molar-refractivity contribution in [1.82, 2.24) is 0 Å². The number of halogens is 3. The molecule has 0 saturated heterocycles. The summed E-state index contributed by atoms with van der Waals surface area (Å²) in [5.41, 5.74) is -5.65. The predicted molar refractivity (Wildman–Crippen MR) is 82.1 cm³/mol. The first-order chi connectivity index (χ1) is 10.4. The maximum absolute atomic E-state index is 11.9. The Bertz CT molecular complexity index is 502. The first-order valence-electron chi connectivity index (χ1n) is 6.63. The van der Waals surface area contributed by atoms with E-state index in [1.54, 1.807) is 13.2 Å². The lowest BCUT2D eigenvalue weighted by molar-refractivity contribution is -0.127. The second kappa shape index (κ2) is 9.05. The second-order valence-corrected chi connectivity index (χ2v) is 8.87. The van der Waals surface area contributed by atoms with Gasteiger partial charge in [-0.2, -0.15) is 13.2 Å². The fourth-order valence-electron chi connectivity index (χ4n) is 2.34. The number of hydrogen-bond acceptors (Lipinski definition) is 5. The van der Waals surface area contributed by atoms with E-state index in [9.17, 15) is 18.0 Å². The van der Waals surface area contributed by atoms with Gasteiger partial charge in [0.1, 0.15) is 11.0 Å². The summed E-state index contributed by atoms with van der Waals surface area (Å²) in [6.45, 7) is 3.76. The maximum atomic E-state index is 11.9. The highest BCUT2D eigenvalue weighted by Crippen LogP contribution is 2.30. The number of ketones is 1. The number of carbonyl (C=O) groups excluding carboxylic acids is 1. The SMILES string of the molecule is C=CC(OC)C1C(=O)CCCC1[S+](C)C.O=S(=O)([O-])C(F)(F)F. The molecule has 1 fully saturated rings. The highest BCUT2D eigenvalue weighted by atomic mass is 32.2. The van der Waals surface area contributed by atoms with E-state index in [0.29, 0.717) is 17.5 Å². The second-order valence-electron chi connectivity index (χ2n) is 5.14. The van der Waals surface area contributed by atoms with E-state index in [4.69, 9.17) is 17.7 Å². The van der Waals surface area contributed by atoms with Gasteiger partial charge in [-0.3, -0.25) is 4.79 Å². The molecule has 3 atom stereocenters. The summed E-state index contributed by atoms with van der Waals surface area (Å²) < 4.78 is 64.3. The van der Waals surface area contributed by atoms with Crippen molar-refractivity contribution < 1.29 is 35.7 Å². The summed E-state index contributed by atoms with van der Waals surface area (Å²) in [4.78, 5) is 11.9. The third kappa shape index (κ3) is 6.82. The van der Waals surface area contributed by atoms with Crippen molar-refractivity contribution >= 4 is 26.8 Å². The van der Waals surface area contributed by atoms with Crippen LogP contribution in [0.5, 0.6) is 0 Å². The van der Waals surface area contributed by atoms with E-state index in [1.807, 2.05) is 0 Å². The Morgan fingerprint density at radius 3 is 2.22 bits per heavy atom. The molecule has 0 radical (unpaired) electrons. The first kappa shape index (κ1) is 22.4. The summed E-state index contributed by atoms with van der Waals surface area (Å²) in [5, 5.41) is 0.481. The third-order valence-corrected chi connectivity index (χ3v) is 5.74. The van der Waals surface area contributed by atoms with Gasteiger partial charge in [-0.25, -0.2) is 8.42 Å². The van der Waals surface area contributed by atoms with Crippen molar-refractivity contribution in [3.8, 4) is 0 Å². The molecule has 3 unspecified atom stereocenters. The molecule has 136 valence electrons. The number of carbonyl (C=O) groups is 1. The van der Waals surface area contributed by atoms with Crippen LogP contribution in [0.4, 0.5) is 13.2 Å². The van der Waals surface area contributed by atoms with Gasteiger partial charge in [0.05, 0.1) is 24.5 Å². The molecule has 0 bridgehead atoms. The van der Waals surface area contributed by atoms with Crippen LogP contribution < -0.4 is 0 Å². The lowest BCUT2D eigenvalue weighted by Gasteiger charge is -2.31. The van der Waals surface area contributed by atoms with Crippen molar-refractivity contribution in [2.75, 3.05) is 19.6 Å². The molecule has 0 heterocycles. The standard InChI is InChI=1S/C12H21O2S.CHF3O3S/c1-5-10(14-2)12-9(13)7-6-8-11(12)15(3)4;2-1(3,4)8(5,6)7/h5,10-12H,1,6-8H2,2-4H3;(H,5,6,7)/q+1;/p-1. The molecule has 0 aromatic heterocycles. The van der Waals surface area contributed by atoms with Gasteiger partial charge in [0, 0.05) is 13.5 Å². The third-order valence-electron chi connectivity index (χ3n) is 3.43. The summed E-state index contributed by atoms with van der Waals surface area (Å²) in [6, 6.07) is 0. The highest BCUT2D eigenvalue weighted by molar-refractivity contribution is 7.96. The topological polar surface area (TPSA) is 83.5 Å². The molecule has 10 heteroatoms. The van der Waals surface area contributed by atoms with E-state index in [1.165, 1.54) is 0 Å². The van der Waals surface area contributed by atoms with Crippen LogP contribution >= 0.6 is 0 Å². The minimum atomic E-state index is -6.09. The van der Waals surface area contributed by atoms with Gasteiger partial charge in [-0.1, -0.05) is 6.08 Å². The molecule has 0 spiro atoms. The van der Waals surface area contributed by atoms with Gasteiger partial charge in [0.2, 0.25) is 0 Å². The lowest BCUT2D eigenvalue weighted by Crippen LogP contribution is -2.44. The van der Waals surface area contributed by atoms with Crippen LogP contribution in [0.2, 0.25) is 0 Å². The van der Waals surface area contributed by atoms with E-state index < -0.39 is 15.6 Å². The average molecular weight is 378 g/mol. The molecule has 0 amide bonds. The number of Topliss-reactive ketones (excluding diaryl/α,β-unsaturated/α-hetero) is 1. The molecule has 1 aliphatic rings. The summed E-state index contributed by atoms with van der Waals surface area (Å²) in [6.07, 6.45) is 9.01. The van der Waals surface area contributed by atoms with Crippen molar-refractivity contribution in [2.45, 2.75) is 36.1 Å². The Hall–Kier alpha value is -0.580. The van der Waals surface area contributed by atoms with Gasteiger partial charge in [0.15, 0.2) is 10.1 Å². The molecule has 5 nitrogen and oxygen atoms in total. The highest BCUT2D eigenvalue weighted by Gasteiger charge is 2.43. The van der Waals surface area contributed by atoms with Gasteiger partial charge in [0.25, 0.3) is 0 Å². The number of hydrogen-bond donors (Lipinski definition) is 0. The Balaban J connectivity index is 0.000000515. The molecule has 23 heavy (non-hydrogen) atoms. The van der Waals surface area contributed by atoms with Crippen molar-refractivity contribution in [3.05, 3.63) is 12.7 Å². The van der Waals surface area contributed by atoms with Gasteiger partial charge >= 0.3 is 5.51 Å². The van der Waals surface area contributed by atoms with E-state index >= 15 is 0 Å². The molecule has 1 rings (SSSR count). The Kier molecular flexibility index (Phi) is 8.82.